The minimum absolute atomic E-state index is 0.129. The number of carbonyl (C=O) groups is 1. The second kappa shape index (κ2) is 6.09. The predicted octanol–water partition coefficient (Wildman–Crippen LogP) is 2.97. The third-order valence-corrected chi connectivity index (χ3v) is 3.52. The first kappa shape index (κ1) is 14.6. The Morgan fingerprint density at radius 2 is 2.10 bits per heavy atom. The lowest BCUT2D eigenvalue weighted by molar-refractivity contribution is -0.118. The summed E-state index contributed by atoms with van der Waals surface area (Å²) in [5.41, 5.74) is 7.84. The maximum absolute atomic E-state index is 12.0. The first-order chi connectivity index (χ1) is 9.52. The van der Waals surface area contributed by atoms with E-state index < -0.39 is 6.04 Å². The zero-order valence-electron chi connectivity index (χ0n) is 12.4. The Bertz CT molecular complexity index is 601. The number of aryl methyl sites for hydroxylation is 1. The largest absolute Gasteiger partial charge is 0.347 e. The molecule has 0 radical (unpaired) electrons. The van der Waals surface area contributed by atoms with Gasteiger partial charge in [0.15, 0.2) is 0 Å². The molecule has 0 spiro atoms. The van der Waals surface area contributed by atoms with Gasteiger partial charge in [0.1, 0.15) is 0 Å². The molecule has 0 aliphatic heterocycles. The number of fused-ring (bicyclic) bond motifs is 1. The summed E-state index contributed by atoms with van der Waals surface area (Å²) in [7, 11) is 0. The second-order valence-corrected chi connectivity index (χ2v) is 5.54. The normalized spacial score (nSPS) is 12.8. The Morgan fingerprint density at radius 1 is 1.35 bits per heavy atom. The standard InChI is InChI=1S/C16H23N3O/c1-4-8-19-9-7-12-10-13(5-6-14(12)19)18-16(20)15(17)11(2)3/h5-7,9-11,15H,4,8,17H2,1-3H3,(H,18,20)/t15-/m0/s1. The van der Waals surface area contributed by atoms with Gasteiger partial charge in [-0.2, -0.15) is 0 Å². The maximum Gasteiger partial charge on any atom is 0.241 e. The molecule has 2 aromatic rings. The van der Waals surface area contributed by atoms with Crippen LogP contribution >= 0.6 is 0 Å². The zero-order chi connectivity index (χ0) is 14.7. The summed E-state index contributed by atoms with van der Waals surface area (Å²) in [5, 5.41) is 4.02. The van der Waals surface area contributed by atoms with Gasteiger partial charge < -0.3 is 15.6 Å². The van der Waals surface area contributed by atoms with Crippen molar-refractivity contribution in [2.24, 2.45) is 11.7 Å². The molecule has 1 heterocycles. The third kappa shape index (κ3) is 3.02. The highest BCUT2D eigenvalue weighted by Crippen LogP contribution is 2.21. The fourth-order valence-corrected chi connectivity index (χ4v) is 2.24. The molecular formula is C16H23N3O. The Balaban J connectivity index is 2.18. The SMILES string of the molecule is CCCn1ccc2cc(NC(=O)[C@@H](N)C(C)C)ccc21. The number of nitrogens with zero attached hydrogens (tertiary/aromatic N) is 1. The molecule has 0 aliphatic rings. The average molecular weight is 273 g/mol. The van der Waals surface area contributed by atoms with Crippen LogP contribution in [0.5, 0.6) is 0 Å². The third-order valence-electron chi connectivity index (χ3n) is 3.52. The fourth-order valence-electron chi connectivity index (χ4n) is 2.24. The molecule has 0 fully saturated rings. The van der Waals surface area contributed by atoms with E-state index >= 15 is 0 Å². The number of hydrogen-bond donors (Lipinski definition) is 2. The number of anilines is 1. The molecule has 0 bridgehead atoms. The van der Waals surface area contributed by atoms with Crippen molar-refractivity contribution in [3.8, 4) is 0 Å². The van der Waals surface area contributed by atoms with Gasteiger partial charge in [-0.3, -0.25) is 4.79 Å². The summed E-state index contributed by atoms with van der Waals surface area (Å²) in [6.07, 6.45) is 3.19. The van der Waals surface area contributed by atoms with Crippen molar-refractivity contribution >= 4 is 22.5 Å². The molecule has 20 heavy (non-hydrogen) atoms. The second-order valence-electron chi connectivity index (χ2n) is 5.54. The van der Waals surface area contributed by atoms with E-state index in [0.717, 1.165) is 24.0 Å². The number of hydrogen-bond acceptors (Lipinski definition) is 2. The fraction of sp³-hybridized carbons (Fsp3) is 0.438. The highest BCUT2D eigenvalue weighted by Gasteiger charge is 2.17. The number of nitrogens with one attached hydrogen (secondary N) is 1. The predicted molar refractivity (Wildman–Crippen MR) is 83.7 cm³/mol. The van der Waals surface area contributed by atoms with E-state index in [9.17, 15) is 4.79 Å². The van der Waals surface area contributed by atoms with Crippen LogP contribution in [0.15, 0.2) is 30.5 Å². The van der Waals surface area contributed by atoms with Gasteiger partial charge in [0.05, 0.1) is 6.04 Å². The molecule has 4 heteroatoms. The Hall–Kier alpha value is -1.81. The lowest BCUT2D eigenvalue weighted by atomic mass is 10.0. The van der Waals surface area contributed by atoms with Crippen molar-refractivity contribution in [2.45, 2.75) is 39.8 Å². The summed E-state index contributed by atoms with van der Waals surface area (Å²) in [6.45, 7) is 7.05. The van der Waals surface area contributed by atoms with E-state index in [1.54, 1.807) is 0 Å². The minimum Gasteiger partial charge on any atom is -0.347 e. The monoisotopic (exact) mass is 273 g/mol. The van der Waals surface area contributed by atoms with Gasteiger partial charge in [-0.1, -0.05) is 20.8 Å². The lowest BCUT2D eigenvalue weighted by Crippen LogP contribution is -2.39. The number of aromatic nitrogens is 1. The molecule has 1 aromatic carbocycles. The average Bonchev–Trinajstić information content (AvgIpc) is 2.81. The molecule has 4 nitrogen and oxygen atoms in total. The van der Waals surface area contributed by atoms with Gasteiger partial charge >= 0.3 is 0 Å². The highest BCUT2D eigenvalue weighted by molar-refractivity contribution is 5.97. The molecule has 1 amide bonds. The first-order valence-corrected chi connectivity index (χ1v) is 7.18. The highest BCUT2D eigenvalue weighted by atomic mass is 16.2. The first-order valence-electron chi connectivity index (χ1n) is 7.18. The molecule has 1 aromatic heterocycles. The van der Waals surface area contributed by atoms with Crippen molar-refractivity contribution < 1.29 is 4.79 Å². The van der Waals surface area contributed by atoms with Crippen molar-refractivity contribution in [3.05, 3.63) is 30.5 Å². The van der Waals surface area contributed by atoms with E-state index in [4.69, 9.17) is 5.73 Å². The van der Waals surface area contributed by atoms with Gasteiger partial charge in [-0.25, -0.2) is 0 Å². The van der Waals surface area contributed by atoms with Crippen LogP contribution in [0, 0.1) is 5.92 Å². The Labute approximate surface area is 120 Å². The van der Waals surface area contributed by atoms with Crippen LogP contribution in [-0.4, -0.2) is 16.5 Å². The van der Waals surface area contributed by atoms with Crippen molar-refractivity contribution in [1.82, 2.24) is 4.57 Å². The van der Waals surface area contributed by atoms with Crippen LogP contribution in [0.25, 0.3) is 10.9 Å². The van der Waals surface area contributed by atoms with Crippen molar-refractivity contribution in [3.63, 3.8) is 0 Å². The summed E-state index contributed by atoms with van der Waals surface area (Å²) < 4.78 is 2.22. The molecule has 108 valence electrons. The molecule has 0 unspecified atom stereocenters. The van der Waals surface area contributed by atoms with Crippen LogP contribution < -0.4 is 11.1 Å². The van der Waals surface area contributed by atoms with Gasteiger partial charge in [0.2, 0.25) is 5.91 Å². The lowest BCUT2D eigenvalue weighted by Gasteiger charge is -2.15. The molecular weight excluding hydrogens is 250 g/mol. The van der Waals surface area contributed by atoms with E-state index in [1.807, 2.05) is 32.0 Å². The van der Waals surface area contributed by atoms with Crippen LogP contribution in [-0.2, 0) is 11.3 Å². The van der Waals surface area contributed by atoms with Crippen LogP contribution in [0.4, 0.5) is 5.69 Å². The van der Waals surface area contributed by atoms with Crippen molar-refractivity contribution in [1.29, 1.82) is 0 Å². The quantitative estimate of drug-likeness (QED) is 0.879. The Morgan fingerprint density at radius 3 is 2.75 bits per heavy atom. The van der Waals surface area contributed by atoms with Crippen LogP contribution in [0.3, 0.4) is 0 Å². The summed E-state index contributed by atoms with van der Waals surface area (Å²) in [5.74, 6) is -0.00305. The Kier molecular flexibility index (Phi) is 4.45. The summed E-state index contributed by atoms with van der Waals surface area (Å²) in [4.78, 5) is 12.0. The summed E-state index contributed by atoms with van der Waals surface area (Å²) in [6, 6.07) is 7.56. The minimum atomic E-state index is -0.476. The van der Waals surface area contributed by atoms with Gasteiger partial charge in [-0.15, -0.1) is 0 Å². The topological polar surface area (TPSA) is 60.0 Å². The number of carbonyl (C=O) groups excluding carboxylic acids is 1. The van der Waals surface area contributed by atoms with E-state index in [-0.39, 0.29) is 11.8 Å². The maximum atomic E-state index is 12.0. The number of nitrogens with two attached hydrogens (primary N) is 1. The zero-order valence-corrected chi connectivity index (χ0v) is 12.4. The van der Waals surface area contributed by atoms with Crippen LogP contribution in [0.1, 0.15) is 27.2 Å². The molecule has 2 rings (SSSR count). The van der Waals surface area contributed by atoms with Gasteiger partial charge in [0.25, 0.3) is 0 Å². The van der Waals surface area contributed by atoms with E-state index in [2.05, 4.69) is 29.1 Å². The smallest absolute Gasteiger partial charge is 0.241 e. The molecule has 0 saturated heterocycles. The van der Waals surface area contributed by atoms with Gasteiger partial charge in [-0.05, 0) is 36.6 Å². The summed E-state index contributed by atoms with van der Waals surface area (Å²) >= 11 is 0. The number of benzene rings is 1. The molecule has 1 atom stereocenters. The van der Waals surface area contributed by atoms with E-state index in [0.29, 0.717) is 0 Å². The van der Waals surface area contributed by atoms with Crippen LogP contribution in [0.2, 0.25) is 0 Å². The van der Waals surface area contributed by atoms with Crippen molar-refractivity contribution in [2.75, 3.05) is 5.32 Å². The molecule has 3 N–H and O–H groups in total. The molecule has 0 saturated carbocycles. The molecule has 0 aliphatic carbocycles. The number of amides is 1. The van der Waals surface area contributed by atoms with E-state index in [1.165, 1.54) is 5.52 Å². The van der Waals surface area contributed by atoms with Gasteiger partial charge in [0, 0.05) is 29.3 Å². The number of rotatable bonds is 5.